The van der Waals surface area contributed by atoms with E-state index in [0.29, 0.717) is 54.8 Å². The first-order chi connectivity index (χ1) is 49.8. The van der Waals surface area contributed by atoms with E-state index in [-0.39, 0.29) is 11.8 Å². The van der Waals surface area contributed by atoms with Crippen LogP contribution in [0.2, 0.25) is 0 Å². The Bertz CT molecular complexity index is 4790. The van der Waals surface area contributed by atoms with Crippen molar-refractivity contribution in [1.82, 2.24) is 44.3 Å². The van der Waals surface area contributed by atoms with Crippen molar-refractivity contribution in [1.29, 1.82) is 0 Å². The molecule has 14 aromatic rings. The number of thiophene rings is 1. The van der Waals surface area contributed by atoms with E-state index < -0.39 is 0 Å². The lowest BCUT2D eigenvalue weighted by Crippen LogP contribution is -2.30. The third-order valence-corrected chi connectivity index (χ3v) is 19.5. The molecular weight excluding hydrogens is 1330 g/mol. The predicted octanol–water partition coefficient (Wildman–Crippen LogP) is 18.6. The number of nitrogens with zero attached hydrogens (tertiary/aromatic N) is 9. The molecule has 0 atom stereocenters. The summed E-state index contributed by atoms with van der Waals surface area (Å²) >= 11 is 4.96. The number of carbonyl (C=O) groups excluding carboxylic acids is 2. The number of para-hydroxylation sites is 2. The molecule has 0 radical (unpaired) electrons. The molecule has 19 heteroatoms. The Kier molecular flexibility index (Phi) is 26.0. The van der Waals surface area contributed by atoms with Crippen molar-refractivity contribution in [2.75, 3.05) is 20.5 Å². The highest BCUT2D eigenvalue weighted by Gasteiger charge is 2.26. The molecule has 7 aromatic carbocycles. The molecule has 0 bridgehead atoms. The second-order valence-corrected chi connectivity index (χ2v) is 27.7. The number of hydrogen-bond acceptors (Lipinski definition) is 16. The van der Waals surface area contributed by atoms with E-state index in [9.17, 15) is 9.59 Å². The van der Waals surface area contributed by atoms with E-state index in [0.717, 1.165) is 104 Å². The molecule has 0 fully saturated rings. The van der Waals surface area contributed by atoms with E-state index in [1.54, 1.807) is 70.8 Å². The van der Waals surface area contributed by atoms with E-state index in [1.807, 2.05) is 166 Å². The summed E-state index contributed by atoms with van der Waals surface area (Å²) < 4.78 is 31.0. The Morgan fingerprint density at radius 3 is 1.82 bits per heavy atom. The van der Waals surface area contributed by atoms with Crippen molar-refractivity contribution in [2.45, 2.75) is 90.6 Å². The monoisotopic (exact) mass is 1410 g/mol. The van der Waals surface area contributed by atoms with E-state index >= 15 is 0 Å². The number of furan rings is 3. The van der Waals surface area contributed by atoms with E-state index in [2.05, 4.69) is 145 Å². The van der Waals surface area contributed by atoms with Crippen molar-refractivity contribution >= 4 is 68.2 Å². The predicted molar refractivity (Wildman–Crippen MR) is 407 cm³/mol. The van der Waals surface area contributed by atoms with Gasteiger partial charge >= 0.3 is 0 Å². The molecule has 0 saturated heterocycles. The number of methoxy groups -OCH3 is 2. The van der Waals surface area contributed by atoms with Gasteiger partial charge in [0.15, 0.2) is 27.4 Å². The summed E-state index contributed by atoms with van der Waals surface area (Å²) in [4.78, 5) is 45.0. The maximum Gasteiger partial charge on any atom is 0.290 e. The van der Waals surface area contributed by atoms with Crippen molar-refractivity contribution in [2.24, 2.45) is 7.05 Å². The lowest BCUT2D eigenvalue weighted by Gasteiger charge is -2.22. The zero-order valence-corrected chi connectivity index (χ0v) is 60.9. The standard InChI is InChI=1S/C23H21NO4S.C23H21NO3.C19H22N4.C18H19N3S2/c1-26-20-10-9-16(12-21(20)27-2)14-24(15-18-7-5-11-29-18)23(25)22-13-17-6-3-4-8-19(17)28-22;1-16-9-11-18(12-10-16)14-24(15-19-6-5-13-26-19)23(25)22-17(2)20-7-3-4-8-21(20)27-22;1-16-6-5-7-17(12-16)13-23(14-18-8-3-4-9-20-18)15-19-21-10-11-22(19)2;1-22-18-20-19-17(23-18)14-21(12-15-8-4-2-5-9-15)13-16-10-6-3-7-11-16/h3-13H,14-15H2,1-2H3;3-13H,14-15H2,1-2H3;3-12H,13-15H2,1-2H3;2-11H,12-14H2,1H3. The quantitative estimate of drug-likeness (QED) is 0.0497. The number of imidazole rings is 1. The number of amides is 2. The maximum absolute atomic E-state index is 13.3. The molecule has 0 aliphatic heterocycles. The summed E-state index contributed by atoms with van der Waals surface area (Å²) in [5.74, 6) is 3.53. The zero-order chi connectivity index (χ0) is 71.0. The second-order valence-electron chi connectivity index (χ2n) is 24.5. The van der Waals surface area contributed by atoms with E-state index in [4.69, 9.17) is 22.7 Å². The highest BCUT2D eigenvalue weighted by Crippen LogP contribution is 2.31. The van der Waals surface area contributed by atoms with Gasteiger partial charge in [0.05, 0.1) is 52.4 Å². The second kappa shape index (κ2) is 36.6. The van der Waals surface area contributed by atoms with Gasteiger partial charge in [-0.2, -0.15) is 0 Å². The third kappa shape index (κ3) is 20.7. The normalized spacial score (nSPS) is 11.0. The fourth-order valence-corrected chi connectivity index (χ4v) is 13.7. The number of hydrogen-bond donors (Lipinski definition) is 0. The molecular formula is C83H83N9O7S3. The van der Waals surface area contributed by atoms with Gasteiger partial charge in [-0.25, -0.2) is 4.98 Å². The number of rotatable bonds is 25. The van der Waals surface area contributed by atoms with Crippen LogP contribution in [-0.4, -0.2) is 76.6 Å². The van der Waals surface area contributed by atoms with Crippen molar-refractivity contribution in [3.05, 3.63) is 338 Å². The number of carbonyl (C=O) groups is 2. The SMILES string of the molecule is COc1ccc(CN(Cc2cccs2)C(=O)c2cc3ccccc3o2)cc1OC.CSc1nnc(CN(Cc2ccccc2)Cc2ccccc2)s1.Cc1ccc(CN(Cc2ccco2)C(=O)c2oc3ccccc3c2C)cc1.Cc1cccc(CN(Cc2ccccn2)Cc2nccn2C)c1. The van der Waals surface area contributed by atoms with Crippen LogP contribution in [0.5, 0.6) is 11.5 Å². The molecule has 14 rings (SSSR count). The molecule has 0 aliphatic rings. The van der Waals surface area contributed by atoms with Gasteiger partial charge in [0.25, 0.3) is 11.8 Å². The lowest BCUT2D eigenvalue weighted by atomic mass is 10.1. The Morgan fingerprint density at radius 1 is 0.520 bits per heavy atom. The molecule has 0 N–H and O–H groups in total. The number of ether oxygens (including phenoxy) is 2. The van der Waals surface area contributed by atoms with Gasteiger partial charge < -0.3 is 37.1 Å². The van der Waals surface area contributed by atoms with Crippen molar-refractivity contribution in [3.8, 4) is 11.5 Å². The first-order valence-corrected chi connectivity index (χ1v) is 36.4. The van der Waals surface area contributed by atoms with Crippen molar-refractivity contribution in [3.63, 3.8) is 0 Å². The summed E-state index contributed by atoms with van der Waals surface area (Å²) in [7, 11) is 5.24. The number of fused-ring (bicyclic) bond motifs is 2. The minimum atomic E-state index is -0.149. The molecule has 0 spiro atoms. The first kappa shape index (κ1) is 72.6. The van der Waals surface area contributed by atoms with Gasteiger partial charge in [0.1, 0.15) is 27.8 Å². The third-order valence-electron chi connectivity index (χ3n) is 16.8. The molecule has 520 valence electrons. The Balaban J connectivity index is 0.000000137. The highest BCUT2D eigenvalue weighted by atomic mass is 32.2. The van der Waals surface area contributed by atoms with Crippen LogP contribution >= 0.6 is 34.4 Å². The fourth-order valence-electron chi connectivity index (χ4n) is 11.6. The van der Waals surface area contributed by atoms with Gasteiger partial charge in [-0.15, -0.1) is 21.5 Å². The van der Waals surface area contributed by atoms with E-state index in [1.165, 1.54) is 27.8 Å². The van der Waals surface area contributed by atoms with Crippen LogP contribution in [-0.2, 0) is 72.5 Å². The molecule has 0 saturated carbocycles. The topological polar surface area (TPSA) is 161 Å². The van der Waals surface area contributed by atoms with Crippen LogP contribution < -0.4 is 9.47 Å². The summed E-state index contributed by atoms with van der Waals surface area (Å²) in [6.45, 7) is 13.0. The average molecular weight is 1410 g/mol. The number of aryl methyl sites for hydroxylation is 4. The largest absolute Gasteiger partial charge is 0.493 e. The van der Waals surface area contributed by atoms with Crippen LogP contribution in [0.15, 0.2) is 272 Å². The minimum absolute atomic E-state index is 0.138. The number of benzene rings is 7. The van der Waals surface area contributed by atoms with Crippen molar-refractivity contribution < 1.29 is 32.3 Å². The average Bonchev–Trinajstić information content (AvgIpc) is 1.64. The van der Waals surface area contributed by atoms with Crippen LogP contribution in [0, 0.1) is 20.8 Å². The van der Waals surface area contributed by atoms with Crippen LogP contribution in [0.3, 0.4) is 0 Å². The smallest absolute Gasteiger partial charge is 0.290 e. The summed E-state index contributed by atoms with van der Waals surface area (Å²) in [6, 6.07) is 74.6. The zero-order valence-electron chi connectivity index (χ0n) is 58.4. The Hall–Kier alpha value is -10.7. The lowest BCUT2D eigenvalue weighted by molar-refractivity contribution is 0.0684. The van der Waals surface area contributed by atoms with Crippen LogP contribution in [0.25, 0.3) is 21.9 Å². The van der Waals surface area contributed by atoms with Gasteiger partial charge in [-0.3, -0.25) is 24.4 Å². The van der Waals surface area contributed by atoms with Crippen LogP contribution in [0.1, 0.15) is 92.8 Å². The molecule has 7 heterocycles. The fraction of sp³-hybridized carbons (Fsp3) is 0.205. The summed E-state index contributed by atoms with van der Waals surface area (Å²) in [5, 5.41) is 13.5. The Labute approximate surface area is 608 Å². The highest BCUT2D eigenvalue weighted by molar-refractivity contribution is 8.00. The first-order valence-electron chi connectivity index (χ1n) is 33.5. The summed E-state index contributed by atoms with van der Waals surface area (Å²) in [5.41, 5.74) is 11.8. The van der Waals surface area contributed by atoms with Gasteiger partial charge in [-0.05, 0) is 121 Å². The maximum atomic E-state index is 13.3. The summed E-state index contributed by atoms with van der Waals surface area (Å²) in [6.07, 6.45) is 9.34. The van der Waals surface area contributed by atoms with Crippen LogP contribution in [0.4, 0.5) is 0 Å². The molecule has 7 aromatic heterocycles. The number of aromatic nitrogens is 5. The van der Waals surface area contributed by atoms with Gasteiger partial charge in [0.2, 0.25) is 0 Å². The molecule has 0 unspecified atom stereocenters. The Morgan fingerprint density at radius 2 is 1.18 bits per heavy atom. The number of pyridine rings is 1. The molecule has 0 aliphatic carbocycles. The molecule has 102 heavy (non-hydrogen) atoms. The van der Waals surface area contributed by atoms with Gasteiger partial charge in [-0.1, -0.05) is 198 Å². The van der Waals surface area contributed by atoms with Gasteiger partial charge in [0, 0.05) is 86.1 Å². The minimum Gasteiger partial charge on any atom is -0.493 e. The molecule has 2 amide bonds. The number of thioether (sulfide) groups is 1. The molecule has 16 nitrogen and oxygen atoms in total.